The smallest absolute Gasteiger partial charge is 0.407 e. The molecule has 0 unspecified atom stereocenters. The second-order valence-electron chi connectivity index (χ2n) is 4.41. The SMILES string of the molecule is CC(C)(C)CN(CCCN)C(=O)O. The summed E-state index contributed by atoms with van der Waals surface area (Å²) in [5.41, 5.74) is 5.33. The minimum Gasteiger partial charge on any atom is -0.465 e. The second kappa shape index (κ2) is 5.07. The van der Waals surface area contributed by atoms with E-state index in [-0.39, 0.29) is 5.41 Å². The first-order valence-electron chi connectivity index (χ1n) is 4.55. The zero-order chi connectivity index (χ0) is 10.5. The Kier molecular flexibility index (Phi) is 4.77. The van der Waals surface area contributed by atoms with Gasteiger partial charge in [-0.15, -0.1) is 0 Å². The Bertz CT molecular complexity index is 163. The van der Waals surface area contributed by atoms with E-state index in [0.29, 0.717) is 19.6 Å². The van der Waals surface area contributed by atoms with Gasteiger partial charge in [0.15, 0.2) is 0 Å². The maximum absolute atomic E-state index is 10.8. The molecule has 0 aromatic heterocycles. The zero-order valence-corrected chi connectivity index (χ0v) is 8.71. The fourth-order valence-corrected chi connectivity index (χ4v) is 1.10. The summed E-state index contributed by atoms with van der Waals surface area (Å²) in [5, 5.41) is 8.85. The minimum atomic E-state index is -0.858. The lowest BCUT2D eigenvalue weighted by Gasteiger charge is -2.27. The van der Waals surface area contributed by atoms with Crippen molar-refractivity contribution in [1.82, 2.24) is 4.90 Å². The van der Waals surface area contributed by atoms with Crippen LogP contribution in [-0.2, 0) is 0 Å². The van der Waals surface area contributed by atoms with Crippen molar-refractivity contribution in [1.29, 1.82) is 0 Å². The second-order valence-corrected chi connectivity index (χ2v) is 4.41. The molecule has 0 aromatic rings. The molecule has 4 heteroatoms. The minimum absolute atomic E-state index is 0.00693. The third-order valence-corrected chi connectivity index (χ3v) is 1.57. The summed E-state index contributed by atoms with van der Waals surface area (Å²) < 4.78 is 0. The van der Waals surface area contributed by atoms with Crippen molar-refractivity contribution >= 4 is 6.09 Å². The highest BCUT2D eigenvalue weighted by atomic mass is 16.4. The van der Waals surface area contributed by atoms with Crippen LogP contribution in [-0.4, -0.2) is 35.7 Å². The van der Waals surface area contributed by atoms with E-state index >= 15 is 0 Å². The molecule has 0 fully saturated rings. The molecule has 4 nitrogen and oxygen atoms in total. The maximum atomic E-state index is 10.8. The number of hydrogen-bond donors (Lipinski definition) is 2. The molecule has 1 amide bonds. The molecule has 0 aliphatic heterocycles. The van der Waals surface area contributed by atoms with E-state index in [4.69, 9.17) is 10.8 Å². The van der Waals surface area contributed by atoms with Crippen LogP contribution in [0.25, 0.3) is 0 Å². The number of rotatable bonds is 4. The molecule has 78 valence electrons. The molecule has 0 spiro atoms. The van der Waals surface area contributed by atoms with Gasteiger partial charge >= 0.3 is 6.09 Å². The van der Waals surface area contributed by atoms with E-state index in [1.807, 2.05) is 20.8 Å². The summed E-state index contributed by atoms with van der Waals surface area (Å²) in [6, 6.07) is 0. The normalized spacial score (nSPS) is 11.4. The highest BCUT2D eigenvalue weighted by Crippen LogP contribution is 2.15. The number of nitrogens with two attached hydrogens (primary N) is 1. The number of carbonyl (C=O) groups is 1. The van der Waals surface area contributed by atoms with Crippen LogP contribution >= 0.6 is 0 Å². The predicted octanol–water partition coefficient (Wildman–Crippen LogP) is 1.36. The lowest BCUT2D eigenvalue weighted by atomic mass is 9.96. The van der Waals surface area contributed by atoms with Crippen LogP contribution in [0.5, 0.6) is 0 Å². The van der Waals surface area contributed by atoms with Gasteiger partial charge in [0.25, 0.3) is 0 Å². The van der Waals surface area contributed by atoms with Gasteiger partial charge in [0.1, 0.15) is 0 Å². The third kappa shape index (κ3) is 6.40. The first kappa shape index (κ1) is 12.2. The Hall–Kier alpha value is -0.770. The largest absolute Gasteiger partial charge is 0.465 e. The molecule has 0 saturated carbocycles. The first-order valence-corrected chi connectivity index (χ1v) is 4.55. The highest BCUT2D eigenvalue weighted by molar-refractivity contribution is 5.64. The topological polar surface area (TPSA) is 66.6 Å². The Balaban J connectivity index is 4.03. The van der Waals surface area contributed by atoms with E-state index in [2.05, 4.69) is 0 Å². The van der Waals surface area contributed by atoms with Crippen LogP contribution in [0.2, 0.25) is 0 Å². The van der Waals surface area contributed by atoms with Gasteiger partial charge in [-0.25, -0.2) is 4.79 Å². The van der Waals surface area contributed by atoms with Crippen molar-refractivity contribution in [3.63, 3.8) is 0 Å². The lowest BCUT2D eigenvalue weighted by molar-refractivity contribution is 0.126. The monoisotopic (exact) mass is 188 g/mol. The van der Waals surface area contributed by atoms with Crippen LogP contribution < -0.4 is 5.73 Å². The Morgan fingerprint density at radius 2 is 2.00 bits per heavy atom. The van der Waals surface area contributed by atoms with Crippen LogP contribution in [0.4, 0.5) is 4.79 Å². The van der Waals surface area contributed by atoms with E-state index < -0.39 is 6.09 Å². The van der Waals surface area contributed by atoms with Gasteiger partial charge < -0.3 is 15.7 Å². The van der Waals surface area contributed by atoms with E-state index in [0.717, 1.165) is 6.42 Å². The summed E-state index contributed by atoms with van der Waals surface area (Å²) in [4.78, 5) is 12.2. The van der Waals surface area contributed by atoms with Crippen molar-refractivity contribution in [3.05, 3.63) is 0 Å². The number of hydrogen-bond acceptors (Lipinski definition) is 2. The summed E-state index contributed by atoms with van der Waals surface area (Å²) in [7, 11) is 0. The molecule has 13 heavy (non-hydrogen) atoms. The van der Waals surface area contributed by atoms with Crippen molar-refractivity contribution in [3.8, 4) is 0 Å². The van der Waals surface area contributed by atoms with Crippen molar-refractivity contribution in [2.75, 3.05) is 19.6 Å². The molecular formula is C9H20N2O2. The van der Waals surface area contributed by atoms with E-state index in [1.165, 1.54) is 4.90 Å². The lowest BCUT2D eigenvalue weighted by Crippen LogP contribution is -2.38. The van der Waals surface area contributed by atoms with Crippen LogP contribution in [0.1, 0.15) is 27.2 Å². The van der Waals surface area contributed by atoms with Gasteiger partial charge in [-0.05, 0) is 18.4 Å². The molecule has 0 aliphatic carbocycles. The van der Waals surface area contributed by atoms with Crippen LogP contribution in [0.15, 0.2) is 0 Å². The molecule has 0 atom stereocenters. The van der Waals surface area contributed by atoms with E-state index in [9.17, 15) is 4.79 Å². The van der Waals surface area contributed by atoms with Crippen molar-refractivity contribution in [2.45, 2.75) is 27.2 Å². The first-order chi connectivity index (χ1) is 5.87. The standard InChI is InChI=1S/C9H20N2O2/c1-9(2,3)7-11(8(12)13)6-4-5-10/h4-7,10H2,1-3H3,(H,12,13). The van der Waals surface area contributed by atoms with Crippen LogP contribution in [0.3, 0.4) is 0 Å². The van der Waals surface area contributed by atoms with Crippen molar-refractivity contribution < 1.29 is 9.90 Å². The number of carboxylic acid groups (broad SMARTS) is 1. The van der Waals surface area contributed by atoms with Gasteiger partial charge in [-0.1, -0.05) is 20.8 Å². The molecule has 3 N–H and O–H groups in total. The molecule has 0 aromatic carbocycles. The van der Waals surface area contributed by atoms with Crippen LogP contribution in [0, 0.1) is 5.41 Å². The Morgan fingerprint density at radius 3 is 2.31 bits per heavy atom. The summed E-state index contributed by atoms with van der Waals surface area (Å²) in [6.07, 6.45) is -0.133. The number of amides is 1. The third-order valence-electron chi connectivity index (χ3n) is 1.57. The molecule has 0 rings (SSSR count). The van der Waals surface area contributed by atoms with Gasteiger partial charge in [0.05, 0.1) is 0 Å². The average molecular weight is 188 g/mol. The Morgan fingerprint density at radius 1 is 1.46 bits per heavy atom. The summed E-state index contributed by atoms with van der Waals surface area (Å²) >= 11 is 0. The van der Waals surface area contributed by atoms with Gasteiger partial charge in [0.2, 0.25) is 0 Å². The Labute approximate surface area is 79.7 Å². The van der Waals surface area contributed by atoms with E-state index in [1.54, 1.807) is 0 Å². The number of nitrogens with zero attached hydrogens (tertiary/aromatic N) is 1. The molecule has 0 saturated heterocycles. The van der Waals surface area contributed by atoms with Gasteiger partial charge in [-0.3, -0.25) is 0 Å². The predicted molar refractivity (Wildman–Crippen MR) is 52.7 cm³/mol. The molecule has 0 radical (unpaired) electrons. The molecule has 0 heterocycles. The van der Waals surface area contributed by atoms with Gasteiger partial charge in [0, 0.05) is 13.1 Å². The highest BCUT2D eigenvalue weighted by Gasteiger charge is 2.19. The average Bonchev–Trinajstić information content (AvgIpc) is 1.95. The zero-order valence-electron chi connectivity index (χ0n) is 8.71. The molecule has 0 bridgehead atoms. The quantitative estimate of drug-likeness (QED) is 0.700. The fourth-order valence-electron chi connectivity index (χ4n) is 1.10. The maximum Gasteiger partial charge on any atom is 0.407 e. The fraction of sp³-hybridized carbons (Fsp3) is 0.889. The molecular weight excluding hydrogens is 168 g/mol. The van der Waals surface area contributed by atoms with Crippen molar-refractivity contribution in [2.24, 2.45) is 11.1 Å². The van der Waals surface area contributed by atoms with Gasteiger partial charge in [-0.2, -0.15) is 0 Å². The summed E-state index contributed by atoms with van der Waals surface area (Å²) in [6.45, 7) is 7.68. The summed E-state index contributed by atoms with van der Waals surface area (Å²) in [5.74, 6) is 0. The molecule has 0 aliphatic rings.